The van der Waals surface area contributed by atoms with Gasteiger partial charge in [-0.25, -0.2) is 5.48 Å². The Balaban J connectivity index is 0.00000196. The van der Waals surface area contributed by atoms with Crippen molar-refractivity contribution >= 4 is 36.2 Å². The lowest BCUT2D eigenvalue weighted by atomic mass is 10.2. The van der Waals surface area contributed by atoms with Crippen LogP contribution in [-0.2, 0) is 0 Å². The molecular formula is C8H10Cl2N4O. The molecule has 1 aromatic carbocycles. The highest BCUT2D eigenvalue weighted by atomic mass is 35.5. The Hall–Kier alpha value is -1.30. The van der Waals surface area contributed by atoms with Crippen molar-refractivity contribution in [1.29, 1.82) is 0 Å². The fourth-order valence-corrected chi connectivity index (χ4v) is 0.940. The molecule has 1 rings (SSSR count). The lowest BCUT2D eigenvalue weighted by Gasteiger charge is -1.94. The van der Waals surface area contributed by atoms with E-state index in [1.807, 2.05) is 12.1 Å². The summed E-state index contributed by atoms with van der Waals surface area (Å²) in [5.74, 6) is -0.187. The minimum atomic E-state index is -0.187. The summed E-state index contributed by atoms with van der Waals surface area (Å²) in [6, 6.07) is 7.15. The molecule has 0 unspecified atom stereocenters. The Kier molecular flexibility index (Phi) is 6.44. The molecule has 0 atom stereocenters. The minimum Gasteiger partial charge on any atom is -0.367 e. The highest BCUT2D eigenvalue weighted by Crippen LogP contribution is 2.12. The van der Waals surface area contributed by atoms with E-state index in [1.165, 1.54) is 6.21 Å². The van der Waals surface area contributed by atoms with E-state index in [2.05, 4.69) is 10.2 Å². The summed E-state index contributed by atoms with van der Waals surface area (Å²) in [7, 11) is 0. The summed E-state index contributed by atoms with van der Waals surface area (Å²) in [6.07, 6.45) is 1.44. The van der Waals surface area contributed by atoms with Gasteiger partial charge in [-0.2, -0.15) is 5.10 Å². The maximum Gasteiger partial charge on any atom is 0.237 e. The minimum absolute atomic E-state index is 0. The van der Waals surface area contributed by atoms with Crippen LogP contribution in [0.4, 0.5) is 0 Å². The van der Waals surface area contributed by atoms with Crippen LogP contribution in [0, 0.1) is 0 Å². The van der Waals surface area contributed by atoms with Gasteiger partial charge in [-0.15, -0.1) is 17.5 Å². The third kappa shape index (κ3) is 4.64. The molecule has 0 saturated heterocycles. The van der Waals surface area contributed by atoms with Gasteiger partial charge in [0.15, 0.2) is 0 Å². The van der Waals surface area contributed by atoms with Gasteiger partial charge >= 0.3 is 0 Å². The number of hydrogen-bond acceptors (Lipinski definition) is 3. The SMILES string of the molecule is Cl.NC(=NN=Cc1ccccc1Cl)NO. The monoisotopic (exact) mass is 248 g/mol. The van der Waals surface area contributed by atoms with Gasteiger partial charge in [-0.3, -0.25) is 5.21 Å². The van der Waals surface area contributed by atoms with E-state index >= 15 is 0 Å². The number of rotatable bonds is 2. The van der Waals surface area contributed by atoms with E-state index in [1.54, 1.807) is 17.6 Å². The van der Waals surface area contributed by atoms with Crippen LogP contribution >= 0.6 is 24.0 Å². The smallest absolute Gasteiger partial charge is 0.237 e. The van der Waals surface area contributed by atoms with Gasteiger partial charge in [-0.05, 0) is 6.07 Å². The molecular weight excluding hydrogens is 239 g/mol. The maximum atomic E-state index is 8.28. The molecule has 1 aromatic rings. The zero-order valence-corrected chi connectivity index (χ0v) is 9.16. The first-order valence-corrected chi connectivity index (χ1v) is 4.13. The summed E-state index contributed by atoms with van der Waals surface area (Å²) in [5.41, 5.74) is 7.49. The van der Waals surface area contributed by atoms with Crippen molar-refractivity contribution in [1.82, 2.24) is 5.48 Å². The van der Waals surface area contributed by atoms with Gasteiger partial charge in [-0.1, -0.05) is 29.8 Å². The Bertz CT molecular complexity index is 367. The fourth-order valence-electron chi connectivity index (χ4n) is 0.755. The molecule has 0 aliphatic carbocycles. The first-order chi connectivity index (χ1) is 6.74. The predicted molar refractivity (Wildman–Crippen MR) is 62.8 cm³/mol. The summed E-state index contributed by atoms with van der Waals surface area (Å²) >= 11 is 5.84. The molecule has 7 heteroatoms. The van der Waals surface area contributed by atoms with Crippen molar-refractivity contribution in [2.75, 3.05) is 0 Å². The number of halogens is 2. The second kappa shape index (κ2) is 7.05. The summed E-state index contributed by atoms with van der Waals surface area (Å²) in [5, 5.41) is 15.9. The zero-order chi connectivity index (χ0) is 10.4. The van der Waals surface area contributed by atoms with E-state index in [0.717, 1.165) is 5.56 Å². The molecule has 0 aliphatic heterocycles. The average molecular weight is 249 g/mol. The van der Waals surface area contributed by atoms with Crippen molar-refractivity contribution in [3.63, 3.8) is 0 Å². The molecule has 0 bridgehead atoms. The van der Waals surface area contributed by atoms with Crippen LogP contribution in [-0.4, -0.2) is 17.4 Å². The Morgan fingerprint density at radius 3 is 2.73 bits per heavy atom. The second-order valence-electron chi connectivity index (χ2n) is 2.36. The molecule has 4 N–H and O–H groups in total. The number of nitrogens with two attached hydrogens (primary N) is 1. The van der Waals surface area contributed by atoms with E-state index in [-0.39, 0.29) is 18.4 Å². The molecule has 0 heterocycles. The lowest BCUT2D eigenvalue weighted by molar-refractivity contribution is 0.232. The highest BCUT2D eigenvalue weighted by molar-refractivity contribution is 6.33. The van der Waals surface area contributed by atoms with Crippen molar-refractivity contribution in [3.05, 3.63) is 34.9 Å². The van der Waals surface area contributed by atoms with Gasteiger partial charge in [0.2, 0.25) is 5.96 Å². The Labute approximate surface area is 98.0 Å². The molecule has 5 nitrogen and oxygen atoms in total. The van der Waals surface area contributed by atoms with Crippen LogP contribution in [0.1, 0.15) is 5.56 Å². The van der Waals surface area contributed by atoms with Crippen molar-refractivity contribution in [3.8, 4) is 0 Å². The predicted octanol–water partition coefficient (Wildman–Crippen LogP) is 1.39. The molecule has 0 amide bonds. The third-order valence-electron chi connectivity index (χ3n) is 1.38. The second-order valence-corrected chi connectivity index (χ2v) is 2.77. The third-order valence-corrected chi connectivity index (χ3v) is 1.73. The summed E-state index contributed by atoms with van der Waals surface area (Å²) in [6.45, 7) is 0. The standard InChI is InChI=1S/C8H9ClN4O.ClH/c9-7-4-2-1-3-6(7)5-11-12-8(10)13-14;/h1-5,14H,(H3,10,12,13);1H. The summed E-state index contributed by atoms with van der Waals surface area (Å²) < 4.78 is 0. The normalized spacial score (nSPS) is 11.2. The molecule has 0 saturated carbocycles. The van der Waals surface area contributed by atoms with Crippen molar-refractivity contribution in [2.45, 2.75) is 0 Å². The first kappa shape index (κ1) is 13.7. The molecule has 82 valence electrons. The van der Waals surface area contributed by atoms with E-state index in [4.69, 9.17) is 22.5 Å². The maximum absolute atomic E-state index is 8.28. The molecule has 0 aromatic heterocycles. The number of guanidine groups is 1. The zero-order valence-electron chi connectivity index (χ0n) is 7.59. The molecule has 15 heavy (non-hydrogen) atoms. The van der Waals surface area contributed by atoms with E-state index < -0.39 is 0 Å². The van der Waals surface area contributed by atoms with Gasteiger partial charge in [0.1, 0.15) is 0 Å². The molecule has 0 radical (unpaired) electrons. The number of hydrogen-bond donors (Lipinski definition) is 3. The van der Waals surface area contributed by atoms with Crippen LogP contribution in [0.2, 0.25) is 5.02 Å². The Morgan fingerprint density at radius 2 is 2.13 bits per heavy atom. The van der Waals surface area contributed by atoms with Crippen molar-refractivity contribution < 1.29 is 5.21 Å². The van der Waals surface area contributed by atoms with Gasteiger partial charge in [0, 0.05) is 10.6 Å². The van der Waals surface area contributed by atoms with Crippen LogP contribution in [0.15, 0.2) is 34.5 Å². The first-order valence-electron chi connectivity index (χ1n) is 3.75. The molecule has 0 aliphatic rings. The largest absolute Gasteiger partial charge is 0.367 e. The fraction of sp³-hybridized carbons (Fsp3) is 0. The Morgan fingerprint density at radius 1 is 1.47 bits per heavy atom. The van der Waals surface area contributed by atoms with E-state index in [0.29, 0.717) is 5.02 Å². The van der Waals surface area contributed by atoms with Crippen LogP contribution in [0.5, 0.6) is 0 Å². The van der Waals surface area contributed by atoms with Crippen LogP contribution in [0.25, 0.3) is 0 Å². The highest BCUT2D eigenvalue weighted by Gasteiger charge is 1.93. The number of nitrogens with zero attached hydrogens (tertiary/aromatic N) is 2. The van der Waals surface area contributed by atoms with Gasteiger partial charge in [0.25, 0.3) is 0 Å². The topological polar surface area (TPSA) is 83.0 Å². The summed E-state index contributed by atoms with van der Waals surface area (Å²) in [4.78, 5) is 0. The molecule has 0 fully saturated rings. The number of nitrogens with one attached hydrogen (secondary N) is 1. The quantitative estimate of drug-likeness (QED) is 0.420. The average Bonchev–Trinajstić information content (AvgIpc) is 2.20. The van der Waals surface area contributed by atoms with E-state index in [9.17, 15) is 0 Å². The number of benzene rings is 1. The van der Waals surface area contributed by atoms with Crippen LogP contribution < -0.4 is 11.2 Å². The van der Waals surface area contributed by atoms with Crippen molar-refractivity contribution in [2.24, 2.45) is 15.9 Å². The lowest BCUT2D eigenvalue weighted by Crippen LogP contribution is -2.27. The van der Waals surface area contributed by atoms with Crippen LogP contribution in [0.3, 0.4) is 0 Å². The van der Waals surface area contributed by atoms with Gasteiger partial charge in [0.05, 0.1) is 6.21 Å². The molecule has 0 spiro atoms. The number of hydroxylamine groups is 1. The van der Waals surface area contributed by atoms with Gasteiger partial charge < -0.3 is 5.73 Å².